The molecule has 1 rings (SSSR count). The Balaban J connectivity index is 3.58. The van der Waals surface area contributed by atoms with Crippen LogP contribution in [0, 0.1) is 5.41 Å². The first kappa shape index (κ1) is 16.8. The minimum atomic E-state index is -6.06. The Morgan fingerprint density at radius 2 is 1.35 bits per heavy atom. The van der Waals surface area contributed by atoms with Crippen LogP contribution in [0.2, 0.25) is 0 Å². The monoisotopic (exact) mass is 306 g/mol. The summed E-state index contributed by atoms with van der Waals surface area (Å²) < 4.78 is 77.5. The standard InChI is InChI=1S/C11H12F6O3/c1-6(7(18)19)8(4-2-3-5-8)9(20,10(12,13)14)11(15,16)17/h20H,1-5H2,(H,18,19). The summed E-state index contributed by atoms with van der Waals surface area (Å²) in [6, 6.07) is 0. The first-order valence-corrected chi connectivity index (χ1v) is 5.60. The Morgan fingerprint density at radius 3 is 1.60 bits per heavy atom. The Bertz CT molecular complexity index is 403. The third kappa shape index (κ3) is 2.07. The fourth-order valence-electron chi connectivity index (χ4n) is 2.77. The van der Waals surface area contributed by atoms with Gasteiger partial charge in [0, 0.05) is 11.0 Å². The average Bonchev–Trinajstić information content (AvgIpc) is 2.73. The van der Waals surface area contributed by atoms with E-state index in [1.807, 2.05) is 0 Å². The van der Waals surface area contributed by atoms with Gasteiger partial charge in [-0.25, -0.2) is 4.79 Å². The molecule has 1 saturated carbocycles. The molecule has 0 aromatic heterocycles. The maximum Gasteiger partial charge on any atom is 0.427 e. The quantitative estimate of drug-likeness (QED) is 0.622. The van der Waals surface area contributed by atoms with Crippen LogP contribution in [-0.4, -0.2) is 34.1 Å². The van der Waals surface area contributed by atoms with Crippen LogP contribution in [-0.2, 0) is 4.79 Å². The molecule has 20 heavy (non-hydrogen) atoms. The van der Waals surface area contributed by atoms with Gasteiger partial charge in [0.25, 0.3) is 5.60 Å². The molecule has 0 atom stereocenters. The highest BCUT2D eigenvalue weighted by atomic mass is 19.4. The molecule has 1 fully saturated rings. The van der Waals surface area contributed by atoms with E-state index in [-0.39, 0.29) is 12.8 Å². The Kier molecular flexibility index (Phi) is 3.90. The molecule has 2 N–H and O–H groups in total. The second-order valence-electron chi connectivity index (χ2n) is 4.78. The van der Waals surface area contributed by atoms with Gasteiger partial charge in [0.2, 0.25) is 0 Å². The van der Waals surface area contributed by atoms with Crippen molar-refractivity contribution in [3.63, 3.8) is 0 Å². The first-order valence-electron chi connectivity index (χ1n) is 5.60. The molecule has 0 radical (unpaired) electrons. The minimum Gasteiger partial charge on any atom is -0.478 e. The van der Waals surface area contributed by atoms with Gasteiger partial charge in [-0.15, -0.1) is 0 Å². The Hall–Kier alpha value is -1.25. The lowest BCUT2D eigenvalue weighted by Crippen LogP contribution is -2.67. The largest absolute Gasteiger partial charge is 0.478 e. The number of hydrogen-bond acceptors (Lipinski definition) is 2. The van der Waals surface area contributed by atoms with Crippen molar-refractivity contribution in [3.8, 4) is 0 Å². The van der Waals surface area contributed by atoms with Crippen molar-refractivity contribution in [2.45, 2.75) is 43.6 Å². The maximum atomic E-state index is 12.9. The van der Waals surface area contributed by atoms with Crippen LogP contribution in [0.1, 0.15) is 25.7 Å². The zero-order valence-corrected chi connectivity index (χ0v) is 10.1. The highest BCUT2D eigenvalue weighted by Gasteiger charge is 2.80. The van der Waals surface area contributed by atoms with Gasteiger partial charge in [0.1, 0.15) is 0 Å². The summed E-state index contributed by atoms with van der Waals surface area (Å²) in [7, 11) is 0. The van der Waals surface area contributed by atoms with E-state index in [1.165, 1.54) is 0 Å². The van der Waals surface area contributed by atoms with Crippen LogP contribution in [0.4, 0.5) is 26.3 Å². The maximum absolute atomic E-state index is 12.9. The molecule has 3 nitrogen and oxygen atoms in total. The number of alkyl halides is 6. The molecular formula is C11H12F6O3. The SMILES string of the molecule is C=C(C(=O)O)C1(C(O)(C(F)(F)F)C(F)(F)F)CCCC1. The lowest BCUT2D eigenvalue weighted by molar-refractivity contribution is -0.397. The lowest BCUT2D eigenvalue weighted by Gasteiger charge is -2.46. The highest BCUT2D eigenvalue weighted by molar-refractivity contribution is 5.88. The number of rotatable bonds is 3. The fourth-order valence-corrected chi connectivity index (χ4v) is 2.77. The molecule has 0 aliphatic heterocycles. The second kappa shape index (κ2) is 4.64. The number of carboxylic acid groups (broad SMARTS) is 1. The van der Waals surface area contributed by atoms with Crippen molar-refractivity contribution >= 4 is 5.97 Å². The normalized spacial score (nSPS) is 19.9. The van der Waals surface area contributed by atoms with Crippen molar-refractivity contribution in [1.29, 1.82) is 0 Å². The fraction of sp³-hybridized carbons (Fsp3) is 0.727. The van der Waals surface area contributed by atoms with E-state index in [9.17, 15) is 36.2 Å². The van der Waals surface area contributed by atoms with Crippen molar-refractivity contribution in [1.82, 2.24) is 0 Å². The summed E-state index contributed by atoms with van der Waals surface area (Å²) in [5.41, 5.74) is -9.39. The van der Waals surface area contributed by atoms with Crippen LogP contribution in [0.3, 0.4) is 0 Å². The lowest BCUT2D eigenvalue weighted by atomic mass is 9.64. The molecule has 0 heterocycles. The van der Waals surface area contributed by atoms with Gasteiger partial charge < -0.3 is 10.2 Å². The van der Waals surface area contributed by atoms with Gasteiger partial charge >= 0.3 is 18.3 Å². The molecule has 0 bridgehead atoms. The Morgan fingerprint density at radius 1 is 1.00 bits per heavy atom. The topological polar surface area (TPSA) is 57.5 Å². The number of halogens is 6. The van der Waals surface area contributed by atoms with Crippen LogP contribution < -0.4 is 0 Å². The van der Waals surface area contributed by atoms with Gasteiger partial charge in [0.15, 0.2) is 0 Å². The third-order valence-electron chi connectivity index (χ3n) is 3.81. The predicted molar refractivity (Wildman–Crippen MR) is 54.7 cm³/mol. The number of carboxylic acids is 1. The van der Waals surface area contributed by atoms with E-state index >= 15 is 0 Å². The van der Waals surface area contributed by atoms with Gasteiger partial charge in [0.05, 0.1) is 0 Å². The van der Waals surface area contributed by atoms with Gasteiger partial charge in [-0.05, 0) is 12.8 Å². The first-order chi connectivity index (χ1) is 8.81. The van der Waals surface area contributed by atoms with E-state index in [4.69, 9.17) is 5.11 Å². The number of aliphatic carboxylic acids is 1. The average molecular weight is 306 g/mol. The van der Waals surface area contributed by atoms with Gasteiger partial charge in [-0.2, -0.15) is 26.3 Å². The van der Waals surface area contributed by atoms with E-state index in [2.05, 4.69) is 6.58 Å². The van der Waals surface area contributed by atoms with Crippen LogP contribution in [0.5, 0.6) is 0 Å². The number of carbonyl (C=O) groups is 1. The summed E-state index contributed by atoms with van der Waals surface area (Å²) in [6.07, 6.45) is -13.7. The summed E-state index contributed by atoms with van der Waals surface area (Å²) in [5, 5.41) is 18.2. The molecule has 9 heteroatoms. The van der Waals surface area contributed by atoms with Gasteiger partial charge in [-0.1, -0.05) is 19.4 Å². The third-order valence-corrected chi connectivity index (χ3v) is 3.81. The summed E-state index contributed by atoms with van der Waals surface area (Å²) in [6.45, 7) is 2.84. The minimum absolute atomic E-state index is 0.0548. The summed E-state index contributed by atoms with van der Waals surface area (Å²) in [5.74, 6) is -1.99. The molecular weight excluding hydrogens is 294 g/mol. The molecule has 0 saturated heterocycles. The smallest absolute Gasteiger partial charge is 0.427 e. The molecule has 1 aliphatic carbocycles. The molecule has 116 valence electrons. The summed E-state index contributed by atoms with van der Waals surface area (Å²) >= 11 is 0. The van der Waals surface area contributed by atoms with Gasteiger partial charge in [-0.3, -0.25) is 0 Å². The van der Waals surface area contributed by atoms with Crippen molar-refractivity contribution in [2.24, 2.45) is 5.41 Å². The molecule has 0 unspecified atom stereocenters. The molecule has 1 aliphatic rings. The molecule has 0 spiro atoms. The van der Waals surface area contributed by atoms with E-state index in [0.717, 1.165) is 0 Å². The van der Waals surface area contributed by atoms with Crippen LogP contribution >= 0.6 is 0 Å². The molecule has 0 aromatic rings. The van der Waals surface area contributed by atoms with Crippen molar-refractivity contribution < 1.29 is 41.4 Å². The zero-order chi connectivity index (χ0) is 16.0. The molecule has 0 aromatic carbocycles. The molecule has 0 amide bonds. The van der Waals surface area contributed by atoms with E-state index in [0.29, 0.717) is 0 Å². The Labute approximate surface area is 109 Å². The number of hydrogen-bond donors (Lipinski definition) is 2. The van der Waals surface area contributed by atoms with Crippen LogP contribution in [0.15, 0.2) is 12.2 Å². The van der Waals surface area contributed by atoms with E-state index < -0.39 is 47.8 Å². The van der Waals surface area contributed by atoms with E-state index in [1.54, 1.807) is 0 Å². The zero-order valence-electron chi connectivity index (χ0n) is 10.1. The number of aliphatic hydroxyl groups is 1. The predicted octanol–water partition coefficient (Wildman–Crippen LogP) is 3.04. The highest BCUT2D eigenvalue weighted by Crippen LogP contribution is 2.62. The van der Waals surface area contributed by atoms with Crippen molar-refractivity contribution in [3.05, 3.63) is 12.2 Å². The second-order valence-corrected chi connectivity index (χ2v) is 4.78. The van der Waals surface area contributed by atoms with Crippen molar-refractivity contribution in [2.75, 3.05) is 0 Å². The summed E-state index contributed by atoms with van der Waals surface area (Å²) in [4.78, 5) is 10.8. The van der Waals surface area contributed by atoms with Crippen LogP contribution in [0.25, 0.3) is 0 Å².